The van der Waals surface area contributed by atoms with Gasteiger partial charge in [0, 0.05) is 19.3 Å². The van der Waals surface area contributed by atoms with E-state index in [0.717, 1.165) is 161 Å². The molecule has 12 heteroatoms. The molecule has 1 rings (SSSR count). The van der Waals surface area contributed by atoms with Crippen molar-refractivity contribution in [2.45, 2.75) is 276 Å². The zero-order valence-corrected chi connectivity index (χ0v) is 48.2. The summed E-state index contributed by atoms with van der Waals surface area (Å²) in [6.45, 7) is 5.71. The summed E-state index contributed by atoms with van der Waals surface area (Å²) in [4.78, 5) is 51.1. The van der Waals surface area contributed by atoms with E-state index >= 15 is 0 Å². The fraction of sp³-hybridized carbons (Fsp3) is 0.692. The standard InChI is InChI=1S/C65H106O12/c1-4-7-10-13-16-19-22-24-26-28-29-31-33-35-38-41-44-47-50-53-59(68)76-63-61(70)60(69)62(64(71)72)77-65(63)74-55-56(75-58(67)52-49-46-43-40-36-21-18-15-12-9-6-3)54-73-57(66)51-48-45-42-39-37-34-32-30-27-25-23-20-17-14-11-8-5-2/h7-8,10-11,15-20,24-27,29,31,56,60-63,65,69-70H,4-6,9,12-14,21-23,28,30,32-55H2,1-3H3,(H,71,72)/b10-7-,11-8-,18-15-,19-16-,20-17-,26-24-,27-25-,31-29-. The highest BCUT2D eigenvalue weighted by molar-refractivity contribution is 5.74. The Balaban J connectivity index is 2.67. The van der Waals surface area contributed by atoms with Crippen LogP contribution in [0.25, 0.3) is 0 Å². The number of unbranched alkanes of at least 4 members (excludes halogenated alkanes) is 20. The van der Waals surface area contributed by atoms with Gasteiger partial charge in [-0.1, -0.05) is 208 Å². The summed E-state index contributed by atoms with van der Waals surface area (Å²) >= 11 is 0. The Bertz CT molecular complexity index is 1710. The molecular formula is C65H106O12. The Labute approximate surface area is 466 Å². The number of rotatable bonds is 50. The first-order valence-electron chi connectivity index (χ1n) is 30.2. The number of carboxylic acid groups (broad SMARTS) is 1. The van der Waals surface area contributed by atoms with Crippen LogP contribution in [0, 0.1) is 0 Å². The summed E-state index contributed by atoms with van der Waals surface area (Å²) in [6, 6.07) is 0. The molecule has 6 atom stereocenters. The summed E-state index contributed by atoms with van der Waals surface area (Å²) in [7, 11) is 0. The molecule has 0 radical (unpaired) electrons. The number of hydrogen-bond acceptors (Lipinski definition) is 11. The maximum absolute atomic E-state index is 13.1. The number of allylic oxidation sites excluding steroid dienone is 16. The largest absolute Gasteiger partial charge is 0.479 e. The fourth-order valence-electron chi connectivity index (χ4n) is 8.53. The van der Waals surface area contributed by atoms with Crippen LogP contribution in [0.4, 0.5) is 0 Å². The monoisotopic (exact) mass is 1080 g/mol. The van der Waals surface area contributed by atoms with Gasteiger partial charge in [-0.15, -0.1) is 0 Å². The average Bonchev–Trinajstić information content (AvgIpc) is 3.42. The van der Waals surface area contributed by atoms with Crippen molar-refractivity contribution >= 4 is 23.9 Å². The number of carbonyl (C=O) groups excluding carboxylic acids is 3. The number of hydrogen-bond donors (Lipinski definition) is 3. The highest BCUT2D eigenvalue weighted by atomic mass is 16.7. The predicted octanol–water partition coefficient (Wildman–Crippen LogP) is 15.7. The van der Waals surface area contributed by atoms with Crippen LogP contribution in [0.2, 0.25) is 0 Å². The average molecular weight is 1080 g/mol. The van der Waals surface area contributed by atoms with Gasteiger partial charge in [0.2, 0.25) is 0 Å². The van der Waals surface area contributed by atoms with Crippen molar-refractivity contribution in [1.82, 2.24) is 0 Å². The summed E-state index contributed by atoms with van der Waals surface area (Å²) in [5.41, 5.74) is 0. The molecular weight excluding hydrogens is 973 g/mol. The fourth-order valence-corrected chi connectivity index (χ4v) is 8.53. The number of ether oxygens (including phenoxy) is 5. The summed E-state index contributed by atoms with van der Waals surface area (Å²) in [5.74, 6) is -3.17. The normalized spacial score (nSPS) is 18.7. The highest BCUT2D eigenvalue weighted by Crippen LogP contribution is 2.26. The molecule has 1 heterocycles. The van der Waals surface area contributed by atoms with Gasteiger partial charge in [0.15, 0.2) is 24.6 Å². The Hall–Kier alpha value is -4.36. The second-order valence-electron chi connectivity index (χ2n) is 20.2. The van der Waals surface area contributed by atoms with Crippen LogP contribution in [0.15, 0.2) is 97.2 Å². The van der Waals surface area contributed by atoms with Crippen LogP contribution in [-0.4, -0.2) is 89.2 Å². The molecule has 0 aromatic carbocycles. The number of carboxylic acids is 1. The second-order valence-corrected chi connectivity index (χ2v) is 20.2. The van der Waals surface area contributed by atoms with E-state index in [1.54, 1.807) is 0 Å². The molecule has 3 N–H and O–H groups in total. The third-order valence-electron chi connectivity index (χ3n) is 13.1. The van der Waals surface area contributed by atoms with Gasteiger partial charge in [0.1, 0.15) is 18.8 Å². The first-order valence-corrected chi connectivity index (χ1v) is 30.2. The quantitative estimate of drug-likeness (QED) is 0.0228. The van der Waals surface area contributed by atoms with Gasteiger partial charge in [-0.25, -0.2) is 4.79 Å². The van der Waals surface area contributed by atoms with Crippen LogP contribution in [0.5, 0.6) is 0 Å². The lowest BCUT2D eigenvalue weighted by Gasteiger charge is -2.40. The lowest BCUT2D eigenvalue weighted by molar-refractivity contribution is -0.301. The molecule has 0 aromatic rings. The van der Waals surface area contributed by atoms with E-state index in [1.165, 1.54) is 19.3 Å². The van der Waals surface area contributed by atoms with E-state index in [4.69, 9.17) is 23.7 Å². The molecule has 0 aliphatic carbocycles. The third-order valence-corrected chi connectivity index (χ3v) is 13.1. The van der Waals surface area contributed by atoms with E-state index in [-0.39, 0.29) is 25.9 Å². The first kappa shape index (κ1) is 70.7. The Kier molecular flexibility index (Phi) is 48.0. The third kappa shape index (κ3) is 42.3. The van der Waals surface area contributed by atoms with Crippen LogP contribution in [0.3, 0.4) is 0 Å². The predicted molar refractivity (Wildman–Crippen MR) is 312 cm³/mol. The molecule has 0 amide bonds. The van der Waals surface area contributed by atoms with Crippen LogP contribution in [0.1, 0.15) is 239 Å². The lowest BCUT2D eigenvalue weighted by atomic mass is 9.98. The minimum absolute atomic E-state index is 0.0386. The number of aliphatic carboxylic acids is 1. The van der Waals surface area contributed by atoms with Crippen molar-refractivity contribution in [2.75, 3.05) is 13.2 Å². The molecule has 1 fully saturated rings. The second kappa shape index (κ2) is 52.3. The SMILES string of the molecule is CC/C=C\C/C=C\C/C=C\C/C=C\CCCCCCCCC(=O)OC1C(OCC(COC(=O)CCCCCCCCC/C=C\C/C=C\C/C=C\CC)OC(=O)CCCCCCC/C=C\CCCC)OC(C(=O)O)C(O)C1O. The molecule has 6 unspecified atom stereocenters. The Morgan fingerprint density at radius 2 is 0.818 bits per heavy atom. The van der Waals surface area contributed by atoms with Crippen LogP contribution in [-0.2, 0) is 42.9 Å². The molecule has 0 aromatic heterocycles. The first-order chi connectivity index (χ1) is 37.6. The molecule has 12 nitrogen and oxygen atoms in total. The summed E-state index contributed by atoms with van der Waals surface area (Å²) in [6.07, 6.45) is 56.6. The van der Waals surface area contributed by atoms with E-state index in [0.29, 0.717) is 19.3 Å². The minimum atomic E-state index is -1.91. The number of aliphatic hydroxyl groups is 2. The smallest absolute Gasteiger partial charge is 0.335 e. The zero-order chi connectivity index (χ0) is 56.1. The molecule has 77 heavy (non-hydrogen) atoms. The van der Waals surface area contributed by atoms with Crippen molar-refractivity contribution in [1.29, 1.82) is 0 Å². The van der Waals surface area contributed by atoms with E-state index in [2.05, 4.69) is 118 Å². The molecule has 1 saturated heterocycles. The van der Waals surface area contributed by atoms with Crippen molar-refractivity contribution in [3.63, 3.8) is 0 Å². The molecule has 438 valence electrons. The van der Waals surface area contributed by atoms with Crippen molar-refractivity contribution < 1.29 is 58.2 Å². The molecule has 0 bridgehead atoms. The van der Waals surface area contributed by atoms with Crippen molar-refractivity contribution in [3.05, 3.63) is 97.2 Å². The zero-order valence-electron chi connectivity index (χ0n) is 48.2. The number of aliphatic hydroxyl groups excluding tert-OH is 2. The topological polar surface area (TPSA) is 175 Å². The number of esters is 3. The molecule has 1 aliphatic rings. The maximum Gasteiger partial charge on any atom is 0.335 e. The Morgan fingerprint density at radius 1 is 0.442 bits per heavy atom. The molecule has 0 saturated carbocycles. The van der Waals surface area contributed by atoms with Gasteiger partial charge in [0.25, 0.3) is 0 Å². The van der Waals surface area contributed by atoms with Gasteiger partial charge < -0.3 is 39.0 Å². The van der Waals surface area contributed by atoms with Crippen molar-refractivity contribution in [3.8, 4) is 0 Å². The van der Waals surface area contributed by atoms with Gasteiger partial charge in [-0.2, -0.15) is 0 Å². The summed E-state index contributed by atoms with van der Waals surface area (Å²) < 4.78 is 28.4. The molecule has 0 spiro atoms. The van der Waals surface area contributed by atoms with Crippen molar-refractivity contribution in [2.24, 2.45) is 0 Å². The van der Waals surface area contributed by atoms with Crippen LogP contribution < -0.4 is 0 Å². The number of carbonyl (C=O) groups is 4. The van der Waals surface area contributed by atoms with Gasteiger partial charge in [-0.3, -0.25) is 14.4 Å². The summed E-state index contributed by atoms with van der Waals surface area (Å²) in [5, 5.41) is 31.5. The van der Waals surface area contributed by atoms with E-state index < -0.39 is 67.3 Å². The van der Waals surface area contributed by atoms with E-state index in [1.807, 2.05) is 0 Å². The minimum Gasteiger partial charge on any atom is -0.479 e. The Morgan fingerprint density at radius 3 is 1.26 bits per heavy atom. The van der Waals surface area contributed by atoms with Gasteiger partial charge in [-0.05, 0) is 109 Å². The lowest BCUT2D eigenvalue weighted by Crippen LogP contribution is -2.61. The van der Waals surface area contributed by atoms with Crippen LogP contribution >= 0.6 is 0 Å². The van der Waals surface area contributed by atoms with Gasteiger partial charge >= 0.3 is 23.9 Å². The molecule has 1 aliphatic heterocycles. The van der Waals surface area contributed by atoms with Gasteiger partial charge in [0.05, 0.1) is 6.61 Å². The van der Waals surface area contributed by atoms with E-state index in [9.17, 15) is 34.5 Å². The highest BCUT2D eigenvalue weighted by Gasteiger charge is 2.50. The maximum atomic E-state index is 13.1.